The highest BCUT2D eigenvalue weighted by Crippen LogP contribution is 2.62. The Hall–Kier alpha value is -5.37. The van der Waals surface area contributed by atoms with Crippen molar-refractivity contribution in [3.63, 3.8) is 0 Å². The predicted molar refractivity (Wildman–Crippen MR) is 175 cm³/mol. The average molecular weight is 615 g/mol. The lowest BCUT2D eigenvalue weighted by Gasteiger charge is -2.38. The Morgan fingerprint density at radius 1 is 0.870 bits per heavy atom. The second-order valence-corrected chi connectivity index (χ2v) is 11.8. The minimum Gasteiger partial charge on any atom is -0.497 e. The average Bonchev–Trinajstić information content (AvgIpc) is 3.58. The Labute approximate surface area is 267 Å². The Morgan fingerprint density at radius 3 is 2.37 bits per heavy atom. The Kier molecular flexibility index (Phi) is 7.35. The van der Waals surface area contributed by atoms with E-state index in [2.05, 4.69) is 5.32 Å². The second-order valence-electron chi connectivity index (χ2n) is 11.8. The zero-order chi connectivity index (χ0) is 32.0. The number of ether oxygens (including phenoxy) is 3. The third-order valence-electron chi connectivity index (χ3n) is 9.41. The minimum atomic E-state index is -1.42. The van der Waals surface area contributed by atoms with Crippen molar-refractivity contribution < 1.29 is 28.6 Å². The van der Waals surface area contributed by atoms with E-state index in [1.807, 2.05) is 72.6 Å². The van der Waals surface area contributed by atoms with Crippen LogP contribution in [0.1, 0.15) is 56.8 Å². The van der Waals surface area contributed by atoms with Crippen LogP contribution in [0.3, 0.4) is 0 Å². The maximum atomic E-state index is 15.1. The molecule has 232 valence electrons. The van der Waals surface area contributed by atoms with Crippen molar-refractivity contribution in [3.05, 3.63) is 125 Å². The van der Waals surface area contributed by atoms with E-state index in [-0.39, 0.29) is 17.5 Å². The summed E-state index contributed by atoms with van der Waals surface area (Å²) < 4.78 is 16.8. The van der Waals surface area contributed by atoms with E-state index in [0.717, 1.165) is 17.5 Å². The van der Waals surface area contributed by atoms with E-state index in [0.29, 0.717) is 46.2 Å². The van der Waals surface area contributed by atoms with Gasteiger partial charge in [0.2, 0.25) is 5.91 Å². The van der Waals surface area contributed by atoms with Crippen LogP contribution in [-0.4, -0.2) is 49.2 Å². The summed E-state index contributed by atoms with van der Waals surface area (Å²) in [5.41, 5.74) is 2.39. The van der Waals surface area contributed by atoms with Crippen LogP contribution >= 0.6 is 0 Å². The predicted octanol–water partition coefficient (Wildman–Crippen LogP) is 6.47. The van der Waals surface area contributed by atoms with E-state index in [9.17, 15) is 9.59 Å². The zero-order valence-corrected chi connectivity index (χ0v) is 25.9. The fourth-order valence-electron chi connectivity index (χ4n) is 7.44. The number of Topliss-reactive ketones (excluding diaryl/α,β-unsaturated/α-hetero) is 2. The molecule has 3 aliphatic rings. The molecule has 0 aliphatic carbocycles. The molecule has 7 rings (SSSR count). The fourth-order valence-corrected chi connectivity index (χ4v) is 7.44. The summed E-state index contributed by atoms with van der Waals surface area (Å²) in [7, 11) is 3.04. The van der Waals surface area contributed by atoms with Gasteiger partial charge in [0.05, 0.1) is 38.3 Å². The van der Waals surface area contributed by atoms with Crippen molar-refractivity contribution in [2.24, 2.45) is 5.92 Å². The molecule has 1 saturated heterocycles. The van der Waals surface area contributed by atoms with Gasteiger partial charge in [-0.1, -0.05) is 49.4 Å². The summed E-state index contributed by atoms with van der Waals surface area (Å²) in [5, 5.41) is 3.09. The van der Waals surface area contributed by atoms with Crippen molar-refractivity contribution in [2.75, 3.05) is 26.1 Å². The molecule has 0 radical (unpaired) electrons. The highest BCUT2D eigenvalue weighted by molar-refractivity contribution is 6.17. The number of ketones is 2. The highest BCUT2D eigenvalue weighted by Gasteiger charge is 2.70. The summed E-state index contributed by atoms with van der Waals surface area (Å²) >= 11 is 0. The maximum absolute atomic E-state index is 15.1. The van der Waals surface area contributed by atoms with E-state index < -0.39 is 23.4 Å². The number of benzene rings is 4. The van der Waals surface area contributed by atoms with Crippen LogP contribution in [0.25, 0.3) is 6.08 Å². The lowest BCUT2D eigenvalue weighted by atomic mass is 9.62. The van der Waals surface area contributed by atoms with Gasteiger partial charge in [0.1, 0.15) is 28.7 Å². The number of carbonyl (C=O) groups excluding carboxylic acids is 3. The van der Waals surface area contributed by atoms with Gasteiger partial charge in [-0.15, -0.1) is 0 Å². The maximum Gasteiger partial charge on any atom is 0.238 e. The van der Waals surface area contributed by atoms with E-state index >= 15 is 4.79 Å². The van der Waals surface area contributed by atoms with Crippen LogP contribution in [0.15, 0.2) is 97.2 Å². The van der Waals surface area contributed by atoms with Crippen LogP contribution in [0.2, 0.25) is 0 Å². The number of fused-ring (bicyclic) bond motifs is 6. The Balaban J connectivity index is 1.48. The van der Waals surface area contributed by atoms with Crippen molar-refractivity contribution in [3.8, 4) is 17.2 Å². The first kappa shape index (κ1) is 29.3. The molecular weight excluding hydrogens is 580 g/mol. The molecular formula is C38H34N2O6. The first-order chi connectivity index (χ1) is 22.4. The molecule has 8 heteroatoms. The largest absolute Gasteiger partial charge is 0.497 e. The minimum absolute atomic E-state index is 0.296. The Bertz CT molecular complexity index is 1880. The first-order valence-electron chi connectivity index (χ1n) is 15.4. The van der Waals surface area contributed by atoms with Crippen LogP contribution in [0.5, 0.6) is 17.2 Å². The fraction of sp³-hybridized carbons (Fsp3) is 0.237. The molecule has 3 heterocycles. The molecule has 0 bridgehead atoms. The quantitative estimate of drug-likeness (QED) is 0.216. The number of methoxy groups -OCH3 is 2. The molecule has 1 amide bonds. The molecule has 3 aliphatic heterocycles. The summed E-state index contributed by atoms with van der Waals surface area (Å²) in [6.45, 7) is 2.58. The summed E-state index contributed by atoms with van der Waals surface area (Å²) in [6, 6.07) is 25.6. The van der Waals surface area contributed by atoms with Gasteiger partial charge in [-0.25, -0.2) is 0 Å². The molecule has 1 fully saturated rings. The summed E-state index contributed by atoms with van der Waals surface area (Å²) in [6.07, 6.45) is 4.65. The van der Waals surface area contributed by atoms with Gasteiger partial charge in [0.25, 0.3) is 0 Å². The van der Waals surface area contributed by atoms with E-state index in [1.165, 1.54) is 7.11 Å². The van der Waals surface area contributed by atoms with Crippen molar-refractivity contribution >= 4 is 29.2 Å². The molecule has 0 saturated carbocycles. The van der Waals surface area contributed by atoms with Gasteiger partial charge < -0.3 is 24.4 Å². The van der Waals surface area contributed by atoms with Crippen LogP contribution < -0.4 is 19.5 Å². The number of rotatable bonds is 9. The van der Waals surface area contributed by atoms with Gasteiger partial charge in [0.15, 0.2) is 11.6 Å². The monoisotopic (exact) mass is 614 g/mol. The number of carbonyl (C=O) groups is 3. The van der Waals surface area contributed by atoms with Gasteiger partial charge in [0, 0.05) is 23.5 Å². The van der Waals surface area contributed by atoms with Gasteiger partial charge in [-0.3, -0.25) is 14.4 Å². The molecule has 4 aromatic carbocycles. The molecule has 1 spiro atoms. The number of amides is 1. The second kappa shape index (κ2) is 11.5. The van der Waals surface area contributed by atoms with Crippen molar-refractivity contribution in [1.29, 1.82) is 0 Å². The first-order valence-corrected chi connectivity index (χ1v) is 15.4. The molecule has 0 unspecified atom stereocenters. The lowest BCUT2D eigenvalue weighted by Crippen LogP contribution is -2.49. The number of nitrogens with zero attached hydrogens (tertiary/aromatic N) is 1. The smallest absolute Gasteiger partial charge is 0.238 e. The van der Waals surface area contributed by atoms with E-state index in [4.69, 9.17) is 14.2 Å². The molecule has 4 atom stereocenters. The van der Waals surface area contributed by atoms with Crippen LogP contribution in [-0.2, 0) is 10.2 Å². The van der Waals surface area contributed by atoms with Crippen molar-refractivity contribution in [2.45, 2.75) is 30.8 Å². The SMILES string of the molecule is CCCOc1ccc(C(=O)[C@@H]2[C@H](C(=O)c3ccc(OC)cc3OC)N3C=Cc4ccccc4[C@H]3[C@@]23C(=O)Nc2ccccc23)cc1. The molecule has 1 N–H and O–H groups in total. The lowest BCUT2D eigenvalue weighted by molar-refractivity contribution is -0.122. The summed E-state index contributed by atoms with van der Waals surface area (Å²) in [5.74, 6) is -0.547. The third-order valence-corrected chi connectivity index (χ3v) is 9.41. The molecule has 0 aromatic heterocycles. The highest BCUT2D eigenvalue weighted by atomic mass is 16.5. The number of anilines is 1. The van der Waals surface area contributed by atoms with Crippen LogP contribution in [0.4, 0.5) is 5.69 Å². The summed E-state index contributed by atoms with van der Waals surface area (Å²) in [4.78, 5) is 46.6. The van der Waals surface area contributed by atoms with Gasteiger partial charge >= 0.3 is 0 Å². The standard InChI is InChI=1S/C38H34N2O6/c1-4-21-46-25-15-13-24(14-16-25)34(41)32-33(35(42)28-18-17-26(44-2)22-31(28)45-3)40-20-19-23-9-5-6-10-27(23)36(40)38(32)29-11-7-8-12-30(29)39-37(38)43/h5-20,22,32-33,36H,4,21H2,1-3H3,(H,39,43)/t32-,33+,36-,38-/m0/s1. The molecule has 8 nitrogen and oxygen atoms in total. The number of para-hydroxylation sites is 1. The number of nitrogens with one attached hydrogen (secondary N) is 1. The van der Waals surface area contributed by atoms with Crippen molar-refractivity contribution in [1.82, 2.24) is 4.90 Å². The number of hydrogen-bond donors (Lipinski definition) is 1. The normalized spacial score (nSPS) is 22.1. The Morgan fingerprint density at radius 2 is 1.61 bits per heavy atom. The topological polar surface area (TPSA) is 94.2 Å². The van der Waals surface area contributed by atoms with Gasteiger partial charge in [-0.2, -0.15) is 0 Å². The van der Waals surface area contributed by atoms with Crippen LogP contribution in [0, 0.1) is 5.92 Å². The molecule has 4 aromatic rings. The third kappa shape index (κ3) is 4.31. The number of hydrogen-bond acceptors (Lipinski definition) is 7. The zero-order valence-electron chi connectivity index (χ0n) is 25.9. The van der Waals surface area contributed by atoms with E-state index in [1.54, 1.807) is 49.6 Å². The molecule has 46 heavy (non-hydrogen) atoms. The van der Waals surface area contributed by atoms with Gasteiger partial charge in [-0.05, 0) is 71.7 Å².